The molecule has 6 heteroatoms. The molecule has 2 amide bonds. The quantitative estimate of drug-likeness (QED) is 0.850. The number of likely N-dealkylation sites (tertiary alicyclic amines) is 1. The molecule has 1 aromatic rings. The third-order valence-corrected chi connectivity index (χ3v) is 4.24. The SMILES string of the molecule is CC1C[C@@H](OCc2ccccc2)C[N+]1(C(=O)O)C(=O)OC(C)(C)C. The predicted molar refractivity (Wildman–Crippen MR) is 88.5 cm³/mol. The lowest BCUT2D eigenvalue weighted by Crippen LogP contribution is -2.60. The smallest absolute Gasteiger partial charge is 0.435 e. The van der Waals surface area contributed by atoms with Crippen LogP contribution in [0.4, 0.5) is 9.59 Å². The van der Waals surface area contributed by atoms with E-state index in [1.807, 2.05) is 30.3 Å². The number of hydrogen-bond donors (Lipinski definition) is 1. The molecule has 0 aromatic heterocycles. The first-order chi connectivity index (χ1) is 11.1. The van der Waals surface area contributed by atoms with Gasteiger partial charge in [-0.05, 0) is 33.3 Å². The number of rotatable bonds is 3. The second-order valence-electron chi connectivity index (χ2n) is 7.32. The molecule has 1 fully saturated rings. The summed E-state index contributed by atoms with van der Waals surface area (Å²) in [4.78, 5) is 24.5. The highest BCUT2D eigenvalue weighted by atomic mass is 16.6. The maximum absolute atomic E-state index is 12.6. The number of hydrogen-bond acceptors (Lipinski definition) is 4. The summed E-state index contributed by atoms with van der Waals surface area (Å²) < 4.78 is 10.5. The van der Waals surface area contributed by atoms with Crippen LogP contribution in [0.15, 0.2) is 30.3 Å². The summed E-state index contributed by atoms with van der Waals surface area (Å²) in [6.45, 7) is 7.42. The molecule has 1 aromatic carbocycles. The molecule has 6 nitrogen and oxygen atoms in total. The van der Waals surface area contributed by atoms with Crippen LogP contribution in [0.1, 0.15) is 39.7 Å². The van der Waals surface area contributed by atoms with Crippen molar-refractivity contribution >= 4 is 12.2 Å². The van der Waals surface area contributed by atoms with E-state index in [0.29, 0.717) is 13.0 Å². The van der Waals surface area contributed by atoms with Crippen molar-refractivity contribution in [3.63, 3.8) is 0 Å². The Balaban J connectivity index is 2.10. The van der Waals surface area contributed by atoms with Gasteiger partial charge in [0.05, 0.1) is 6.61 Å². The van der Waals surface area contributed by atoms with Crippen LogP contribution in [0.3, 0.4) is 0 Å². The second kappa shape index (κ2) is 6.91. The first-order valence-electron chi connectivity index (χ1n) is 8.15. The van der Waals surface area contributed by atoms with Crippen molar-refractivity contribution < 1.29 is 28.7 Å². The summed E-state index contributed by atoms with van der Waals surface area (Å²) in [5, 5.41) is 9.72. The second-order valence-corrected chi connectivity index (χ2v) is 7.32. The Hall–Kier alpha value is -1.92. The first-order valence-corrected chi connectivity index (χ1v) is 8.15. The third kappa shape index (κ3) is 3.94. The van der Waals surface area contributed by atoms with Crippen LogP contribution in [0.5, 0.6) is 0 Å². The summed E-state index contributed by atoms with van der Waals surface area (Å²) in [6.07, 6.45) is -1.72. The molecule has 0 spiro atoms. The Kier molecular flexibility index (Phi) is 5.30. The van der Waals surface area contributed by atoms with Gasteiger partial charge in [-0.15, -0.1) is 4.48 Å². The lowest BCUT2D eigenvalue weighted by atomic mass is 10.2. The Labute approximate surface area is 142 Å². The van der Waals surface area contributed by atoms with Crippen LogP contribution in [0.25, 0.3) is 0 Å². The van der Waals surface area contributed by atoms with E-state index in [0.717, 1.165) is 5.56 Å². The lowest BCUT2D eigenvalue weighted by molar-refractivity contribution is -0.798. The predicted octanol–water partition coefficient (Wildman–Crippen LogP) is 3.79. The number of ether oxygens (including phenoxy) is 2. The Morgan fingerprint density at radius 1 is 1.25 bits per heavy atom. The van der Waals surface area contributed by atoms with Crippen LogP contribution in [0, 0.1) is 0 Å². The van der Waals surface area contributed by atoms with E-state index in [1.165, 1.54) is 0 Å². The highest BCUT2D eigenvalue weighted by molar-refractivity contribution is 5.76. The Bertz CT molecular complexity index is 595. The van der Waals surface area contributed by atoms with Crippen molar-refractivity contribution in [2.24, 2.45) is 0 Å². The zero-order valence-electron chi connectivity index (χ0n) is 14.7. The summed E-state index contributed by atoms with van der Waals surface area (Å²) in [6, 6.07) is 9.27. The fourth-order valence-corrected chi connectivity index (χ4v) is 2.99. The topological polar surface area (TPSA) is 72.8 Å². The summed E-state index contributed by atoms with van der Waals surface area (Å²) >= 11 is 0. The number of benzene rings is 1. The summed E-state index contributed by atoms with van der Waals surface area (Å²) in [5.41, 5.74) is 0.281. The van der Waals surface area contributed by atoms with Crippen LogP contribution < -0.4 is 0 Å². The van der Waals surface area contributed by atoms with Gasteiger partial charge in [0.15, 0.2) is 0 Å². The normalized spacial score (nSPS) is 27.0. The van der Waals surface area contributed by atoms with Gasteiger partial charge in [0.2, 0.25) is 0 Å². The van der Waals surface area contributed by atoms with Crippen LogP contribution in [-0.2, 0) is 16.1 Å². The van der Waals surface area contributed by atoms with E-state index in [1.54, 1.807) is 27.7 Å². The number of carbonyl (C=O) groups is 2. The molecule has 1 saturated heterocycles. The third-order valence-electron chi connectivity index (χ3n) is 4.24. The zero-order chi connectivity index (χ0) is 18.0. The number of nitrogens with zero attached hydrogens (tertiary/aromatic N) is 1. The van der Waals surface area contributed by atoms with Crippen molar-refractivity contribution in [3.05, 3.63) is 35.9 Å². The molecular weight excluding hydrogens is 310 g/mol. The molecular formula is C18H26NO5+. The molecule has 3 atom stereocenters. The Morgan fingerprint density at radius 2 is 1.88 bits per heavy atom. The molecule has 1 aliphatic rings. The first kappa shape index (κ1) is 18.4. The van der Waals surface area contributed by atoms with Crippen LogP contribution in [0.2, 0.25) is 0 Å². The summed E-state index contributed by atoms with van der Waals surface area (Å²) in [5.74, 6) is 0. The number of amides is 2. The number of imide groups is 1. The van der Waals surface area contributed by atoms with Gasteiger partial charge in [-0.2, -0.15) is 9.59 Å². The molecule has 2 unspecified atom stereocenters. The van der Waals surface area contributed by atoms with Gasteiger partial charge >= 0.3 is 12.2 Å². The van der Waals surface area contributed by atoms with E-state index in [9.17, 15) is 14.7 Å². The minimum absolute atomic E-state index is 0.0816. The molecule has 1 aliphatic heterocycles. The maximum Gasteiger partial charge on any atom is 0.527 e. The average molecular weight is 336 g/mol. The number of carboxylic acid groups (broad SMARTS) is 1. The maximum atomic E-state index is 12.6. The van der Waals surface area contributed by atoms with Crippen molar-refractivity contribution in [2.45, 2.75) is 58.5 Å². The highest BCUT2D eigenvalue weighted by Gasteiger charge is 2.59. The molecule has 0 radical (unpaired) electrons. The van der Waals surface area contributed by atoms with Crippen LogP contribution >= 0.6 is 0 Å². The van der Waals surface area contributed by atoms with Gasteiger partial charge < -0.3 is 14.6 Å². The fraction of sp³-hybridized carbons (Fsp3) is 0.556. The minimum atomic E-state index is -1.19. The van der Waals surface area contributed by atoms with Crippen molar-refractivity contribution in [1.29, 1.82) is 0 Å². The lowest BCUT2D eigenvalue weighted by Gasteiger charge is -2.31. The largest absolute Gasteiger partial charge is 0.527 e. The van der Waals surface area contributed by atoms with E-state index >= 15 is 0 Å². The summed E-state index contributed by atoms with van der Waals surface area (Å²) in [7, 11) is 0. The molecule has 0 saturated carbocycles. The molecule has 1 heterocycles. The van der Waals surface area contributed by atoms with Gasteiger partial charge in [-0.1, -0.05) is 30.3 Å². The molecule has 24 heavy (non-hydrogen) atoms. The van der Waals surface area contributed by atoms with E-state index in [4.69, 9.17) is 9.47 Å². The standard InChI is InChI=1S/C18H25NO5/c1-13-10-15(23-12-14-8-6-5-7-9-14)11-19(13,16(20)21)17(22)24-18(2,3)4/h5-9,13,15H,10-12H2,1-4H3/p+1/t13?,15-,19?/m1/s1. The number of quaternary nitrogens is 1. The van der Waals surface area contributed by atoms with Gasteiger partial charge in [0.25, 0.3) is 0 Å². The number of carbonyl (C=O) groups excluding carboxylic acids is 1. The zero-order valence-corrected chi connectivity index (χ0v) is 14.7. The van der Waals surface area contributed by atoms with E-state index in [2.05, 4.69) is 0 Å². The van der Waals surface area contributed by atoms with Crippen LogP contribution in [-0.4, -0.2) is 46.1 Å². The molecule has 0 bridgehead atoms. The minimum Gasteiger partial charge on any atom is -0.435 e. The van der Waals surface area contributed by atoms with Crippen molar-refractivity contribution in [1.82, 2.24) is 0 Å². The van der Waals surface area contributed by atoms with E-state index < -0.39 is 28.3 Å². The van der Waals surface area contributed by atoms with Gasteiger partial charge in [0.1, 0.15) is 24.3 Å². The van der Waals surface area contributed by atoms with Gasteiger partial charge in [-0.25, -0.2) is 0 Å². The Morgan fingerprint density at radius 3 is 2.42 bits per heavy atom. The molecule has 0 aliphatic carbocycles. The molecule has 2 rings (SSSR count). The van der Waals surface area contributed by atoms with Gasteiger partial charge in [-0.3, -0.25) is 0 Å². The van der Waals surface area contributed by atoms with Crippen molar-refractivity contribution in [2.75, 3.05) is 6.54 Å². The molecule has 132 valence electrons. The monoisotopic (exact) mass is 336 g/mol. The molecule has 1 N–H and O–H groups in total. The fourth-order valence-electron chi connectivity index (χ4n) is 2.99. The highest BCUT2D eigenvalue weighted by Crippen LogP contribution is 2.32. The average Bonchev–Trinajstić information content (AvgIpc) is 2.82. The van der Waals surface area contributed by atoms with Gasteiger partial charge in [0, 0.05) is 6.42 Å². The van der Waals surface area contributed by atoms with Crippen molar-refractivity contribution in [3.8, 4) is 0 Å². The van der Waals surface area contributed by atoms with E-state index in [-0.39, 0.29) is 12.6 Å².